The van der Waals surface area contributed by atoms with E-state index in [2.05, 4.69) is 27.7 Å². The summed E-state index contributed by atoms with van der Waals surface area (Å²) in [5.74, 6) is -0.712. The number of carbonyl (C=O) groups excluding carboxylic acids is 3. The van der Waals surface area contributed by atoms with Crippen LogP contribution < -0.4 is 10.6 Å². The van der Waals surface area contributed by atoms with E-state index in [9.17, 15) is 14.4 Å². The molecule has 3 atom stereocenters. The highest BCUT2D eigenvalue weighted by Crippen LogP contribution is 2.30. The van der Waals surface area contributed by atoms with Crippen LogP contribution in [0.4, 0.5) is 0 Å². The van der Waals surface area contributed by atoms with E-state index < -0.39 is 6.04 Å². The summed E-state index contributed by atoms with van der Waals surface area (Å²) in [5.41, 5.74) is 2.91. The summed E-state index contributed by atoms with van der Waals surface area (Å²) in [6.45, 7) is 3.61. The minimum atomic E-state index is -0.549. The van der Waals surface area contributed by atoms with Gasteiger partial charge in [0.2, 0.25) is 11.8 Å². The molecule has 4 aliphatic rings. The van der Waals surface area contributed by atoms with Gasteiger partial charge in [0.1, 0.15) is 6.04 Å². The number of rotatable bonds is 4. The fraction of sp³-hybridized carbons (Fsp3) is 0.591. The molecule has 0 bridgehead atoms. The molecular weight excluding hydrogens is 368 g/mol. The van der Waals surface area contributed by atoms with Crippen molar-refractivity contribution in [1.29, 1.82) is 0 Å². The monoisotopic (exact) mass is 396 g/mol. The third-order valence-corrected chi connectivity index (χ3v) is 6.95. The van der Waals surface area contributed by atoms with Crippen LogP contribution in [0.25, 0.3) is 0 Å². The number of carbonyl (C=O) groups is 3. The standard InChI is InChI=1S/C22H28N4O3/c27-20-8-7-19(21(28)24-20)26-13-15-11-14(5-6-16(15)22(26)29)12-25-10-2-4-18(25)17-3-1-9-23-17/h5-6,11,17-19,23H,1-4,7-10,12-13H2,(H,24,27,28). The Labute approximate surface area is 170 Å². The number of hydrogen-bond donors (Lipinski definition) is 2. The number of hydrogen-bond acceptors (Lipinski definition) is 5. The Kier molecular flexibility index (Phi) is 4.87. The lowest BCUT2D eigenvalue weighted by molar-refractivity contribution is -0.136. The first-order valence-electron chi connectivity index (χ1n) is 10.8. The van der Waals surface area contributed by atoms with Gasteiger partial charge in [-0.25, -0.2) is 0 Å². The van der Waals surface area contributed by atoms with Crippen LogP contribution in [0, 0.1) is 0 Å². The van der Waals surface area contributed by atoms with Crippen LogP contribution in [-0.4, -0.2) is 58.7 Å². The van der Waals surface area contributed by atoms with Gasteiger partial charge in [0.15, 0.2) is 0 Å². The molecule has 5 rings (SSSR count). The minimum Gasteiger partial charge on any atom is -0.322 e. The predicted molar refractivity (Wildman–Crippen MR) is 107 cm³/mol. The van der Waals surface area contributed by atoms with Gasteiger partial charge in [-0.2, -0.15) is 0 Å². The average molecular weight is 396 g/mol. The summed E-state index contributed by atoms with van der Waals surface area (Å²) in [4.78, 5) is 40.7. The number of fused-ring (bicyclic) bond motifs is 1. The Morgan fingerprint density at radius 3 is 2.76 bits per heavy atom. The lowest BCUT2D eigenvalue weighted by Crippen LogP contribution is -2.52. The third kappa shape index (κ3) is 3.46. The summed E-state index contributed by atoms with van der Waals surface area (Å²) in [5, 5.41) is 6.02. The molecule has 0 aromatic heterocycles. The van der Waals surface area contributed by atoms with Crippen molar-refractivity contribution in [2.75, 3.05) is 13.1 Å². The second-order valence-electron chi connectivity index (χ2n) is 8.77. The van der Waals surface area contributed by atoms with Gasteiger partial charge in [0.05, 0.1) is 0 Å². The maximum absolute atomic E-state index is 12.8. The highest BCUT2D eigenvalue weighted by molar-refractivity contribution is 6.05. The zero-order chi connectivity index (χ0) is 20.0. The molecule has 4 aliphatic heterocycles. The van der Waals surface area contributed by atoms with Gasteiger partial charge in [-0.1, -0.05) is 12.1 Å². The average Bonchev–Trinajstić information content (AvgIpc) is 3.43. The molecule has 7 nitrogen and oxygen atoms in total. The van der Waals surface area contributed by atoms with Crippen molar-refractivity contribution in [3.05, 3.63) is 34.9 Å². The lowest BCUT2D eigenvalue weighted by Gasteiger charge is -2.29. The number of benzene rings is 1. The Morgan fingerprint density at radius 2 is 1.97 bits per heavy atom. The topological polar surface area (TPSA) is 81.8 Å². The summed E-state index contributed by atoms with van der Waals surface area (Å²) in [6.07, 6.45) is 5.72. The zero-order valence-corrected chi connectivity index (χ0v) is 16.7. The van der Waals surface area contributed by atoms with E-state index in [0.717, 1.165) is 25.2 Å². The van der Waals surface area contributed by atoms with Crippen molar-refractivity contribution in [2.45, 2.75) is 69.7 Å². The molecule has 0 aliphatic carbocycles. The maximum Gasteiger partial charge on any atom is 0.255 e. The number of imide groups is 1. The first-order chi connectivity index (χ1) is 14.1. The Hall–Kier alpha value is -2.25. The van der Waals surface area contributed by atoms with Crippen LogP contribution in [-0.2, 0) is 22.7 Å². The summed E-state index contributed by atoms with van der Waals surface area (Å²) < 4.78 is 0. The highest BCUT2D eigenvalue weighted by Gasteiger charge is 2.39. The molecule has 29 heavy (non-hydrogen) atoms. The van der Waals surface area contributed by atoms with Gasteiger partial charge in [0, 0.05) is 37.2 Å². The van der Waals surface area contributed by atoms with E-state index >= 15 is 0 Å². The zero-order valence-electron chi connectivity index (χ0n) is 16.7. The SMILES string of the molecule is O=C1CCC(N2Cc3cc(CN4CCCC4C4CCCN4)ccc3C2=O)C(=O)N1. The minimum absolute atomic E-state index is 0.102. The number of nitrogens with one attached hydrogen (secondary N) is 2. The second-order valence-corrected chi connectivity index (χ2v) is 8.77. The molecule has 0 spiro atoms. The molecule has 7 heteroatoms. The van der Waals surface area contributed by atoms with Crippen LogP contribution in [0.3, 0.4) is 0 Å². The third-order valence-electron chi connectivity index (χ3n) is 6.95. The summed E-state index contributed by atoms with van der Waals surface area (Å²) in [7, 11) is 0. The molecule has 3 fully saturated rings. The molecule has 1 aromatic carbocycles. The molecule has 0 saturated carbocycles. The van der Waals surface area contributed by atoms with Gasteiger partial charge < -0.3 is 10.2 Å². The van der Waals surface area contributed by atoms with E-state index in [1.165, 1.54) is 31.2 Å². The lowest BCUT2D eigenvalue weighted by atomic mass is 10.0. The van der Waals surface area contributed by atoms with Crippen molar-refractivity contribution in [2.24, 2.45) is 0 Å². The van der Waals surface area contributed by atoms with Crippen molar-refractivity contribution in [3.63, 3.8) is 0 Å². The highest BCUT2D eigenvalue weighted by atomic mass is 16.2. The van der Waals surface area contributed by atoms with Crippen molar-refractivity contribution in [3.8, 4) is 0 Å². The molecule has 1 aromatic rings. The van der Waals surface area contributed by atoms with Gasteiger partial charge in [0.25, 0.3) is 5.91 Å². The van der Waals surface area contributed by atoms with Crippen molar-refractivity contribution in [1.82, 2.24) is 20.4 Å². The van der Waals surface area contributed by atoms with E-state index in [1.54, 1.807) is 4.90 Å². The first kappa shape index (κ1) is 18.8. The number of nitrogens with zero attached hydrogens (tertiary/aromatic N) is 2. The van der Waals surface area contributed by atoms with Gasteiger partial charge in [-0.05, 0) is 62.4 Å². The molecule has 154 valence electrons. The van der Waals surface area contributed by atoms with E-state index in [1.807, 2.05) is 6.07 Å². The van der Waals surface area contributed by atoms with Crippen LogP contribution in [0.2, 0.25) is 0 Å². The van der Waals surface area contributed by atoms with E-state index in [-0.39, 0.29) is 24.1 Å². The number of likely N-dealkylation sites (tertiary alicyclic amines) is 1. The van der Waals surface area contributed by atoms with Crippen LogP contribution >= 0.6 is 0 Å². The molecular formula is C22H28N4O3. The fourth-order valence-electron chi connectivity index (χ4n) is 5.50. The molecule has 3 amide bonds. The molecule has 0 radical (unpaired) electrons. The quantitative estimate of drug-likeness (QED) is 0.747. The number of amides is 3. The van der Waals surface area contributed by atoms with Crippen molar-refractivity contribution >= 4 is 17.7 Å². The predicted octanol–water partition coefficient (Wildman–Crippen LogP) is 1.16. The normalized spacial score (nSPS) is 30.1. The Bertz CT molecular complexity index is 848. The van der Waals surface area contributed by atoms with Gasteiger partial charge in [-0.3, -0.25) is 24.6 Å². The molecule has 3 unspecified atom stereocenters. The second kappa shape index (κ2) is 7.54. The van der Waals surface area contributed by atoms with Gasteiger partial charge in [-0.15, -0.1) is 0 Å². The molecule has 4 heterocycles. The maximum atomic E-state index is 12.8. The van der Waals surface area contributed by atoms with Crippen molar-refractivity contribution < 1.29 is 14.4 Å². The first-order valence-corrected chi connectivity index (χ1v) is 10.8. The summed E-state index contributed by atoms with van der Waals surface area (Å²) >= 11 is 0. The van der Waals surface area contributed by atoms with Crippen LogP contribution in [0.5, 0.6) is 0 Å². The van der Waals surface area contributed by atoms with Crippen LogP contribution in [0.15, 0.2) is 18.2 Å². The Balaban J connectivity index is 1.30. The largest absolute Gasteiger partial charge is 0.322 e. The summed E-state index contributed by atoms with van der Waals surface area (Å²) in [6, 6.07) is 6.77. The Morgan fingerprint density at radius 1 is 1.07 bits per heavy atom. The van der Waals surface area contributed by atoms with Crippen LogP contribution in [0.1, 0.15) is 60.0 Å². The molecule has 2 N–H and O–H groups in total. The fourth-order valence-corrected chi connectivity index (χ4v) is 5.50. The smallest absolute Gasteiger partial charge is 0.255 e. The van der Waals surface area contributed by atoms with E-state index in [0.29, 0.717) is 30.6 Å². The number of piperidine rings is 1. The molecule has 3 saturated heterocycles. The van der Waals surface area contributed by atoms with E-state index in [4.69, 9.17) is 0 Å². The van der Waals surface area contributed by atoms with Gasteiger partial charge >= 0.3 is 0 Å².